The largest absolute Gasteiger partial charge is 0.288 e. The van der Waals surface area contributed by atoms with Gasteiger partial charge in [-0.3, -0.25) is 9.80 Å². The van der Waals surface area contributed by atoms with Gasteiger partial charge in [-0.1, -0.05) is 75.7 Å². The van der Waals surface area contributed by atoms with Gasteiger partial charge in [0.2, 0.25) is 0 Å². The van der Waals surface area contributed by atoms with Gasteiger partial charge in [0.15, 0.2) is 0 Å². The molecule has 0 heterocycles. The number of hydrogen-bond donors (Lipinski definition) is 0. The first-order valence-corrected chi connectivity index (χ1v) is 10.5. The van der Waals surface area contributed by atoms with Crippen LogP contribution in [0, 0.1) is 0 Å². The fourth-order valence-electron chi connectivity index (χ4n) is 3.19. The molecule has 0 spiro atoms. The Morgan fingerprint density at radius 3 is 1.86 bits per heavy atom. The molecule has 0 radical (unpaired) electrons. The summed E-state index contributed by atoms with van der Waals surface area (Å²) in [6.07, 6.45) is 3.34. The van der Waals surface area contributed by atoms with E-state index in [1.165, 1.54) is 18.9 Å². The second-order valence-electron chi connectivity index (χ2n) is 5.65. The minimum atomic E-state index is -0.0657. The van der Waals surface area contributed by atoms with Crippen molar-refractivity contribution in [3.8, 4) is 0 Å². The maximum Gasteiger partial charge on any atom is 0.0621 e. The Labute approximate surface area is 134 Å². The third-order valence-corrected chi connectivity index (χ3v) is 6.39. The van der Waals surface area contributed by atoms with Crippen molar-refractivity contribution >= 4 is 14.7 Å². The van der Waals surface area contributed by atoms with Crippen molar-refractivity contribution < 1.29 is 0 Å². The molecule has 1 aromatic rings. The van der Waals surface area contributed by atoms with E-state index in [-0.39, 0.29) is 9.52 Å². The molecule has 0 saturated carbocycles. The van der Waals surface area contributed by atoms with Crippen LogP contribution in [-0.2, 0) is 0 Å². The van der Waals surface area contributed by atoms with Crippen molar-refractivity contribution in [2.24, 2.45) is 0 Å². The summed E-state index contributed by atoms with van der Waals surface area (Å²) in [5.41, 5.74) is 0. The molecule has 0 aliphatic rings. The Morgan fingerprint density at radius 2 is 1.38 bits per heavy atom. The van der Waals surface area contributed by atoms with Crippen LogP contribution in [0.5, 0.6) is 0 Å². The van der Waals surface area contributed by atoms with Gasteiger partial charge in [-0.15, -0.1) is 0 Å². The van der Waals surface area contributed by atoms with Crippen LogP contribution in [0.15, 0.2) is 30.3 Å². The van der Waals surface area contributed by atoms with Crippen LogP contribution in [-0.4, -0.2) is 51.7 Å². The predicted molar refractivity (Wildman–Crippen MR) is 98.3 cm³/mol. The molecule has 1 aromatic carbocycles. The zero-order valence-electron chi connectivity index (χ0n) is 14.5. The highest BCUT2D eigenvalue weighted by Crippen LogP contribution is 2.13. The van der Waals surface area contributed by atoms with Gasteiger partial charge in [0.05, 0.1) is 15.7 Å². The summed E-state index contributed by atoms with van der Waals surface area (Å²) in [6.45, 7) is 13.8. The van der Waals surface area contributed by atoms with Gasteiger partial charge in [0.25, 0.3) is 0 Å². The van der Waals surface area contributed by atoms with E-state index in [4.69, 9.17) is 0 Å². The normalized spacial score (nSPS) is 12.3. The van der Waals surface area contributed by atoms with Gasteiger partial charge in [-0.2, -0.15) is 0 Å². The Morgan fingerprint density at radius 1 is 0.857 bits per heavy atom. The zero-order valence-corrected chi connectivity index (χ0v) is 15.9. The lowest BCUT2D eigenvalue weighted by molar-refractivity contribution is 0.0497. The molecule has 0 bridgehead atoms. The van der Waals surface area contributed by atoms with E-state index in [1.807, 2.05) is 0 Å². The highest BCUT2D eigenvalue weighted by molar-refractivity contribution is 6.53. The summed E-state index contributed by atoms with van der Waals surface area (Å²) < 4.78 is 0. The number of nitrogens with zero attached hydrogens (tertiary/aromatic N) is 2. The first kappa shape index (κ1) is 18.4. The highest BCUT2D eigenvalue weighted by atomic mass is 28.2. The number of hydrogen-bond acceptors (Lipinski definition) is 2. The van der Waals surface area contributed by atoms with Crippen molar-refractivity contribution in [2.45, 2.75) is 52.7 Å². The molecule has 21 heavy (non-hydrogen) atoms. The molecule has 0 fully saturated rings. The summed E-state index contributed by atoms with van der Waals surface area (Å²) in [4.78, 5) is 5.24. The van der Waals surface area contributed by atoms with E-state index in [1.54, 1.807) is 5.19 Å². The minimum absolute atomic E-state index is 0.0657. The van der Waals surface area contributed by atoms with Crippen LogP contribution < -0.4 is 5.19 Å². The second-order valence-corrected chi connectivity index (χ2v) is 7.68. The monoisotopic (exact) mass is 306 g/mol. The first-order chi connectivity index (χ1) is 10.3. The Balaban J connectivity index is 2.45. The quantitative estimate of drug-likeness (QED) is 0.352. The molecule has 0 N–H and O–H groups in total. The maximum absolute atomic E-state index is 2.62. The summed E-state index contributed by atoms with van der Waals surface area (Å²) in [5.74, 6) is 0. The second kappa shape index (κ2) is 11.0. The summed E-state index contributed by atoms with van der Waals surface area (Å²) in [7, 11) is -0.0657. The van der Waals surface area contributed by atoms with E-state index in [0.29, 0.717) is 6.17 Å². The minimum Gasteiger partial charge on any atom is -0.288 e. The molecule has 0 aliphatic heterocycles. The molecule has 120 valence electrons. The Kier molecular flexibility index (Phi) is 9.64. The molecule has 3 heteroatoms. The molecule has 0 aliphatic carbocycles. The van der Waals surface area contributed by atoms with Crippen molar-refractivity contribution in [3.05, 3.63) is 30.3 Å². The lowest BCUT2D eigenvalue weighted by atomic mass is 10.2. The van der Waals surface area contributed by atoms with Gasteiger partial charge in [-0.05, 0) is 32.6 Å². The third kappa shape index (κ3) is 6.33. The van der Waals surface area contributed by atoms with Crippen LogP contribution in [0.2, 0.25) is 6.04 Å². The van der Waals surface area contributed by atoms with Gasteiger partial charge in [0.1, 0.15) is 0 Å². The van der Waals surface area contributed by atoms with E-state index in [9.17, 15) is 0 Å². The number of rotatable bonds is 11. The SMILES string of the molecule is CCN(CC)C(CCC[SiH2]c1ccccc1)N(CC)CC. The van der Waals surface area contributed by atoms with E-state index < -0.39 is 0 Å². The van der Waals surface area contributed by atoms with Crippen molar-refractivity contribution in [1.29, 1.82) is 0 Å². The third-order valence-electron chi connectivity index (χ3n) is 4.49. The van der Waals surface area contributed by atoms with Gasteiger partial charge in [0, 0.05) is 0 Å². The summed E-state index contributed by atoms with van der Waals surface area (Å²) >= 11 is 0. The molecule has 0 aromatic heterocycles. The van der Waals surface area contributed by atoms with E-state index in [0.717, 1.165) is 26.2 Å². The van der Waals surface area contributed by atoms with Crippen LogP contribution in [0.4, 0.5) is 0 Å². The molecule has 0 unspecified atom stereocenters. The van der Waals surface area contributed by atoms with Crippen LogP contribution in [0.3, 0.4) is 0 Å². The topological polar surface area (TPSA) is 6.48 Å². The van der Waals surface area contributed by atoms with E-state index in [2.05, 4.69) is 67.8 Å². The van der Waals surface area contributed by atoms with Crippen LogP contribution in [0.25, 0.3) is 0 Å². The average molecular weight is 307 g/mol. The number of benzene rings is 1. The molecule has 0 saturated heterocycles. The lowest BCUT2D eigenvalue weighted by Crippen LogP contribution is -2.48. The standard InChI is InChI=1S/C18H34N2Si/c1-5-19(6-2)18(20(7-3)8-4)15-12-16-21-17-13-10-9-11-14-17/h9-11,13-14,18H,5-8,12,15-16,21H2,1-4H3. The smallest absolute Gasteiger partial charge is 0.0621 e. The van der Waals surface area contributed by atoms with Crippen LogP contribution in [0.1, 0.15) is 40.5 Å². The molecule has 1 rings (SSSR count). The molecule has 2 nitrogen and oxygen atoms in total. The fourth-order valence-corrected chi connectivity index (χ4v) is 4.74. The summed E-state index contributed by atoms with van der Waals surface area (Å²) in [5, 5.41) is 1.61. The zero-order chi connectivity index (χ0) is 15.5. The van der Waals surface area contributed by atoms with Crippen molar-refractivity contribution in [1.82, 2.24) is 9.80 Å². The molecular weight excluding hydrogens is 272 g/mol. The molecule has 0 atom stereocenters. The predicted octanol–water partition coefficient (Wildman–Crippen LogP) is 2.69. The van der Waals surface area contributed by atoms with E-state index >= 15 is 0 Å². The Hall–Kier alpha value is -0.643. The van der Waals surface area contributed by atoms with Crippen molar-refractivity contribution in [2.75, 3.05) is 26.2 Å². The molecule has 0 amide bonds. The maximum atomic E-state index is 2.62. The van der Waals surface area contributed by atoms with Gasteiger partial charge >= 0.3 is 0 Å². The summed E-state index contributed by atoms with van der Waals surface area (Å²) in [6, 6.07) is 12.5. The highest BCUT2D eigenvalue weighted by Gasteiger charge is 2.20. The fraction of sp³-hybridized carbons (Fsp3) is 0.667. The lowest BCUT2D eigenvalue weighted by Gasteiger charge is -2.38. The Bertz CT molecular complexity index is 335. The molecular formula is C18H34N2Si. The van der Waals surface area contributed by atoms with Crippen molar-refractivity contribution in [3.63, 3.8) is 0 Å². The van der Waals surface area contributed by atoms with Gasteiger partial charge in [-0.25, -0.2) is 0 Å². The first-order valence-electron chi connectivity index (χ1n) is 8.78. The van der Waals surface area contributed by atoms with Gasteiger partial charge < -0.3 is 0 Å². The van der Waals surface area contributed by atoms with Crippen LogP contribution >= 0.6 is 0 Å². The average Bonchev–Trinajstić information content (AvgIpc) is 2.54.